The van der Waals surface area contributed by atoms with Crippen LogP contribution in [-0.4, -0.2) is 39.0 Å². The molecule has 0 atom stereocenters. The third-order valence-electron chi connectivity index (χ3n) is 0.994. The summed E-state index contributed by atoms with van der Waals surface area (Å²) in [6.45, 7) is 1.33. The van der Waals surface area contributed by atoms with E-state index in [4.69, 9.17) is 4.74 Å². The van der Waals surface area contributed by atoms with Gasteiger partial charge in [0.2, 0.25) is 0 Å². The fourth-order valence-electron chi connectivity index (χ4n) is 0.415. The number of nitrogens with one attached hydrogen (secondary N) is 1. The first-order chi connectivity index (χ1) is 4.66. The molecule has 0 aromatic heterocycles. The third-order valence-corrected chi connectivity index (χ3v) is 1.25. The van der Waals surface area contributed by atoms with Crippen LogP contribution in [0.5, 0.6) is 0 Å². The van der Waals surface area contributed by atoms with E-state index in [-0.39, 0.29) is 11.7 Å². The standard InChI is InChI=1S/C6H13NO2S/c1-7(2)3-4-9-6(8)5-10/h10H,3-5H2,1-2H3/p+1. The Morgan fingerprint density at radius 2 is 2.20 bits per heavy atom. The van der Waals surface area contributed by atoms with E-state index in [1.54, 1.807) is 0 Å². The van der Waals surface area contributed by atoms with Crippen molar-refractivity contribution in [1.82, 2.24) is 0 Å². The topological polar surface area (TPSA) is 30.7 Å². The SMILES string of the molecule is C[NH+](C)CCOC(=O)CS. The molecule has 0 aliphatic carbocycles. The molecule has 0 aromatic rings. The molecule has 4 heteroatoms. The van der Waals surface area contributed by atoms with Crippen molar-refractivity contribution in [2.45, 2.75) is 0 Å². The molecule has 1 N–H and O–H groups in total. The number of quaternary nitrogens is 1. The molecule has 3 nitrogen and oxygen atoms in total. The minimum Gasteiger partial charge on any atom is -0.459 e. The van der Waals surface area contributed by atoms with E-state index in [2.05, 4.69) is 12.6 Å². The van der Waals surface area contributed by atoms with Gasteiger partial charge in [0.1, 0.15) is 13.2 Å². The largest absolute Gasteiger partial charge is 0.459 e. The second kappa shape index (κ2) is 5.56. The number of rotatable bonds is 4. The van der Waals surface area contributed by atoms with Crippen LogP contribution in [-0.2, 0) is 9.53 Å². The molecule has 0 saturated heterocycles. The lowest BCUT2D eigenvalue weighted by Crippen LogP contribution is -3.06. The summed E-state index contributed by atoms with van der Waals surface area (Å²) < 4.78 is 4.77. The van der Waals surface area contributed by atoms with Gasteiger partial charge in [-0.2, -0.15) is 12.6 Å². The molecule has 0 fully saturated rings. The summed E-state index contributed by atoms with van der Waals surface area (Å²) in [7, 11) is 4.02. The van der Waals surface area contributed by atoms with Crippen LogP contribution in [0.4, 0.5) is 0 Å². The van der Waals surface area contributed by atoms with Crippen molar-refractivity contribution in [2.75, 3.05) is 33.0 Å². The number of hydrogen-bond donors (Lipinski definition) is 2. The first kappa shape index (κ1) is 9.78. The minimum atomic E-state index is -0.246. The highest BCUT2D eigenvalue weighted by atomic mass is 32.1. The number of thiol groups is 1. The van der Waals surface area contributed by atoms with Crippen LogP contribution in [0, 0.1) is 0 Å². The van der Waals surface area contributed by atoms with Gasteiger partial charge in [0.25, 0.3) is 0 Å². The summed E-state index contributed by atoms with van der Waals surface area (Å²) in [4.78, 5) is 11.8. The number of likely N-dealkylation sites (N-methyl/N-ethyl adjacent to an activating group) is 1. The molecule has 0 unspecified atom stereocenters. The van der Waals surface area contributed by atoms with Crippen molar-refractivity contribution in [3.05, 3.63) is 0 Å². The van der Waals surface area contributed by atoms with Crippen LogP contribution >= 0.6 is 12.6 Å². The molecule has 0 rings (SSSR count). The highest BCUT2D eigenvalue weighted by molar-refractivity contribution is 7.81. The van der Waals surface area contributed by atoms with E-state index in [0.717, 1.165) is 6.54 Å². The quantitative estimate of drug-likeness (QED) is 0.396. The van der Waals surface area contributed by atoms with Gasteiger partial charge in [-0.3, -0.25) is 4.79 Å². The zero-order valence-electron chi connectivity index (χ0n) is 6.39. The summed E-state index contributed by atoms with van der Waals surface area (Å²) in [5.41, 5.74) is 0. The van der Waals surface area contributed by atoms with Gasteiger partial charge in [-0.1, -0.05) is 0 Å². The highest BCUT2D eigenvalue weighted by Gasteiger charge is 1.99. The van der Waals surface area contributed by atoms with E-state index in [0.29, 0.717) is 6.61 Å². The second-order valence-corrected chi connectivity index (χ2v) is 2.65. The second-order valence-electron chi connectivity index (χ2n) is 2.34. The van der Waals surface area contributed by atoms with Crippen molar-refractivity contribution >= 4 is 18.6 Å². The molecule has 0 aliphatic rings. The molecule has 0 saturated carbocycles. The molecular weight excluding hydrogens is 150 g/mol. The maximum Gasteiger partial charge on any atom is 0.315 e. The normalized spacial score (nSPS) is 10.0. The van der Waals surface area contributed by atoms with Gasteiger partial charge in [0, 0.05) is 0 Å². The summed E-state index contributed by atoms with van der Waals surface area (Å²) in [5, 5.41) is 0. The summed E-state index contributed by atoms with van der Waals surface area (Å²) in [5.74, 6) is -0.0763. The van der Waals surface area contributed by atoms with Crippen molar-refractivity contribution in [3.8, 4) is 0 Å². The number of carbonyl (C=O) groups excluding carboxylic acids is 1. The van der Waals surface area contributed by atoms with Gasteiger partial charge in [0.05, 0.1) is 19.8 Å². The van der Waals surface area contributed by atoms with Crippen LogP contribution in [0.15, 0.2) is 0 Å². The van der Waals surface area contributed by atoms with Crippen LogP contribution < -0.4 is 4.90 Å². The zero-order valence-corrected chi connectivity index (χ0v) is 7.28. The lowest BCUT2D eigenvalue weighted by molar-refractivity contribution is -0.858. The Labute approximate surface area is 66.8 Å². The number of esters is 1. The molecule has 0 spiro atoms. The van der Waals surface area contributed by atoms with Crippen LogP contribution in [0.3, 0.4) is 0 Å². The van der Waals surface area contributed by atoms with E-state index in [1.165, 1.54) is 4.90 Å². The number of ether oxygens (including phenoxy) is 1. The van der Waals surface area contributed by atoms with E-state index >= 15 is 0 Å². The molecule has 0 radical (unpaired) electrons. The molecule has 0 amide bonds. The van der Waals surface area contributed by atoms with Gasteiger partial charge in [-0.25, -0.2) is 0 Å². The number of carbonyl (C=O) groups is 1. The van der Waals surface area contributed by atoms with Crippen LogP contribution in [0.2, 0.25) is 0 Å². The smallest absolute Gasteiger partial charge is 0.315 e. The maximum absolute atomic E-state index is 10.5. The Morgan fingerprint density at radius 3 is 2.60 bits per heavy atom. The monoisotopic (exact) mass is 164 g/mol. The Kier molecular flexibility index (Phi) is 5.43. The van der Waals surface area contributed by atoms with Gasteiger partial charge in [-0.05, 0) is 0 Å². The molecule has 0 heterocycles. The molecule has 0 aromatic carbocycles. The first-order valence-electron chi connectivity index (χ1n) is 3.22. The summed E-state index contributed by atoms with van der Waals surface area (Å²) in [6.07, 6.45) is 0. The average molecular weight is 164 g/mol. The van der Waals surface area contributed by atoms with Gasteiger partial charge in [0.15, 0.2) is 0 Å². The maximum atomic E-state index is 10.5. The lowest BCUT2D eigenvalue weighted by atomic mass is 10.6. The molecule has 60 valence electrons. The first-order valence-corrected chi connectivity index (χ1v) is 3.85. The predicted molar refractivity (Wildman–Crippen MR) is 42.5 cm³/mol. The molecule has 0 bridgehead atoms. The van der Waals surface area contributed by atoms with Crippen molar-refractivity contribution < 1.29 is 14.4 Å². The van der Waals surface area contributed by atoms with Gasteiger partial charge < -0.3 is 9.64 Å². The summed E-state index contributed by atoms with van der Waals surface area (Å²) >= 11 is 3.76. The van der Waals surface area contributed by atoms with Gasteiger partial charge in [-0.15, -0.1) is 0 Å². The third kappa shape index (κ3) is 5.91. The van der Waals surface area contributed by atoms with Crippen LogP contribution in [0.1, 0.15) is 0 Å². The predicted octanol–water partition coefficient (Wildman–Crippen LogP) is -1.40. The molecule has 0 aliphatic heterocycles. The highest BCUT2D eigenvalue weighted by Crippen LogP contribution is 1.79. The minimum absolute atomic E-state index is 0.169. The summed E-state index contributed by atoms with van der Waals surface area (Å²) in [6, 6.07) is 0. The molecular formula is C6H14NO2S+. The fourth-order valence-corrected chi connectivity index (χ4v) is 0.506. The van der Waals surface area contributed by atoms with Gasteiger partial charge >= 0.3 is 5.97 Å². The molecule has 10 heavy (non-hydrogen) atoms. The fraction of sp³-hybridized carbons (Fsp3) is 0.833. The zero-order chi connectivity index (χ0) is 7.98. The van der Waals surface area contributed by atoms with E-state index in [9.17, 15) is 4.79 Å². The lowest BCUT2D eigenvalue weighted by Gasteiger charge is -2.06. The van der Waals surface area contributed by atoms with E-state index < -0.39 is 0 Å². The van der Waals surface area contributed by atoms with Crippen molar-refractivity contribution in [3.63, 3.8) is 0 Å². The Hall–Kier alpha value is -0.220. The van der Waals surface area contributed by atoms with Crippen molar-refractivity contribution in [2.24, 2.45) is 0 Å². The Morgan fingerprint density at radius 1 is 1.60 bits per heavy atom. The van der Waals surface area contributed by atoms with Crippen LogP contribution in [0.25, 0.3) is 0 Å². The average Bonchev–Trinajstić information content (AvgIpc) is 1.87. The number of hydrogen-bond acceptors (Lipinski definition) is 3. The Balaban J connectivity index is 3.12. The Bertz CT molecular complexity index is 106. The van der Waals surface area contributed by atoms with Crippen molar-refractivity contribution in [1.29, 1.82) is 0 Å². The van der Waals surface area contributed by atoms with E-state index in [1.807, 2.05) is 14.1 Å².